The van der Waals surface area contributed by atoms with Crippen molar-refractivity contribution in [1.29, 1.82) is 0 Å². The molecule has 1 aromatic carbocycles. The third kappa shape index (κ3) is 4.94. The summed E-state index contributed by atoms with van der Waals surface area (Å²) in [6, 6.07) is 16.4. The van der Waals surface area contributed by atoms with Crippen molar-refractivity contribution in [1.82, 2.24) is 25.0 Å². The molecule has 0 unspecified atom stereocenters. The van der Waals surface area contributed by atoms with Gasteiger partial charge in [0.05, 0.1) is 12.2 Å². The maximum absolute atomic E-state index is 4.70. The summed E-state index contributed by atoms with van der Waals surface area (Å²) in [6.45, 7) is 5.33. The summed E-state index contributed by atoms with van der Waals surface area (Å²) in [5, 5.41) is 7.87. The SMILES string of the molecule is Cc1cc(C)n(-c2ccc(CN=C(NCc3ccccc3)N(C)C)cn2)n1. The van der Waals surface area contributed by atoms with Gasteiger partial charge in [0.15, 0.2) is 11.8 Å². The Balaban J connectivity index is 1.66. The molecule has 0 aliphatic heterocycles. The van der Waals surface area contributed by atoms with Crippen molar-refractivity contribution < 1.29 is 0 Å². The number of hydrogen-bond donors (Lipinski definition) is 1. The highest BCUT2D eigenvalue weighted by atomic mass is 15.3. The first-order valence-electron chi connectivity index (χ1n) is 9.01. The van der Waals surface area contributed by atoms with Crippen molar-refractivity contribution >= 4 is 5.96 Å². The van der Waals surface area contributed by atoms with E-state index in [9.17, 15) is 0 Å². The minimum Gasteiger partial charge on any atom is -0.352 e. The third-order valence-corrected chi connectivity index (χ3v) is 4.16. The minimum atomic E-state index is 0.569. The van der Waals surface area contributed by atoms with Crippen molar-refractivity contribution in [2.24, 2.45) is 4.99 Å². The van der Waals surface area contributed by atoms with Crippen LogP contribution in [0.4, 0.5) is 0 Å². The molecule has 6 nitrogen and oxygen atoms in total. The highest BCUT2D eigenvalue weighted by molar-refractivity contribution is 5.79. The summed E-state index contributed by atoms with van der Waals surface area (Å²) in [7, 11) is 3.97. The maximum atomic E-state index is 4.70. The Hall–Kier alpha value is -3.15. The fourth-order valence-electron chi connectivity index (χ4n) is 2.79. The topological polar surface area (TPSA) is 58.3 Å². The Labute approximate surface area is 160 Å². The van der Waals surface area contributed by atoms with Crippen LogP contribution in [-0.2, 0) is 13.1 Å². The number of hydrogen-bond acceptors (Lipinski definition) is 3. The summed E-state index contributed by atoms with van der Waals surface area (Å²) < 4.78 is 1.86. The van der Waals surface area contributed by atoms with Gasteiger partial charge in [0, 0.05) is 32.5 Å². The first kappa shape index (κ1) is 18.6. The molecule has 2 aromatic heterocycles. The zero-order chi connectivity index (χ0) is 19.2. The molecule has 6 heteroatoms. The molecule has 0 saturated heterocycles. The van der Waals surface area contributed by atoms with Crippen LogP contribution in [0.5, 0.6) is 0 Å². The molecular formula is C21H26N6. The summed E-state index contributed by atoms with van der Waals surface area (Å²) in [5.74, 6) is 1.67. The smallest absolute Gasteiger partial charge is 0.194 e. The molecule has 0 amide bonds. The standard InChI is InChI=1S/C21H26N6/c1-16-12-17(2)27(25-16)20-11-10-19(14-22-20)15-24-21(26(3)4)23-13-18-8-6-5-7-9-18/h5-12,14H,13,15H2,1-4H3,(H,23,24). The molecule has 0 bridgehead atoms. The van der Waals surface area contributed by atoms with E-state index in [1.165, 1.54) is 5.56 Å². The average molecular weight is 362 g/mol. The van der Waals surface area contributed by atoms with Gasteiger partial charge in [-0.15, -0.1) is 0 Å². The number of nitrogens with one attached hydrogen (secondary N) is 1. The van der Waals surface area contributed by atoms with Crippen LogP contribution in [0.15, 0.2) is 59.7 Å². The van der Waals surface area contributed by atoms with Gasteiger partial charge in [0.25, 0.3) is 0 Å². The van der Waals surface area contributed by atoms with E-state index in [0.29, 0.717) is 6.54 Å². The van der Waals surface area contributed by atoms with Gasteiger partial charge < -0.3 is 10.2 Å². The molecule has 2 heterocycles. The quantitative estimate of drug-likeness (QED) is 0.560. The molecule has 0 aliphatic rings. The lowest BCUT2D eigenvalue weighted by atomic mass is 10.2. The van der Waals surface area contributed by atoms with Crippen molar-refractivity contribution in [3.05, 3.63) is 77.2 Å². The van der Waals surface area contributed by atoms with Crippen LogP contribution in [0.1, 0.15) is 22.5 Å². The number of aromatic nitrogens is 3. The van der Waals surface area contributed by atoms with E-state index in [4.69, 9.17) is 4.99 Å². The molecule has 27 heavy (non-hydrogen) atoms. The summed E-state index contributed by atoms with van der Waals surface area (Å²) in [6.07, 6.45) is 1.86. The van der Waals surface area contributed by atoms with E-state index < -0.39 is 0 Å². The molecule has 0 aliphatic carbocycles. The van der Waals surface area contributed by atoms with Gasteiger partial charge in [-0.3, -0.25) is 0 Å². The van der Waals surface area contributed by atoms with E-state index in [2.05, 4.69) is 27.5 Å². The zero-order valence-electron chi connectivity index (χ0n) is 16.3. The summed E-state index contributed by atoms with van der Waals surface area (Å²) in [5.41, 5.74) is 4.35. The predicted octanol–water partition coefficient (Wildman–Crippen LogP) is 3.09. The van der Waals surface area contributed by atoms with Crippen LogP contribution in [0, 0.1) is 13.8 Å². The lowest BCUT2D eigenvalue weighted by Gasteiger charge is -2.17. The maximum Gasteiger partial charge on any atom is 0.194 e. The Kier molecular flexibility index (Phi) is 5.86. The number of aliphatic imine (C=N–C) groups is 1. The van der Waals surface area contributed by atoms with Crippen LogP contribution < -0.4 is 5.32 Å². The number of nitrogens with zero attached hydrogens (tertiary/aromatic N) is 5. The highest BCUT2D eigenvalue weighted by Crippen LogP contribution is 2.11. The molecule has 0 saturated carbocycles. The second-order valence-electron chi connectivity index (χ2n) is 6.74. The molecule has 0 radical (unpaired) electrons. The molecule has 0 spiro atoms. The molecule has 0 atom stereocenters. The van der Waals surface area contributed by atoms with E-state index in [1.807, 2.05) is 80.1 Å². The van der Waals surface area contributed by atoms with Crippen LogP contribution in [0.2, 0.25) is 0 Å². The second kappa shape index (κ2) is 8.49. The molecule has 3 aromatic rings. The van der Waals surface area contributed by atoms with Gasteiger partial charge in [0.1, 0.15) is 0 Å². The van der Waals surface area contributed by atoms with Crippen LogP contribution in [0.25, 0.3) is 5.82 Å². The third-order valence-electron chi connectivity index (χ3n) is 4.16. The second-order valence-corrected chi connectivity index (χ2v) is 6.74. The lowest BCUT2D eigenvalue weighted by Crippen LogP contribution is -2.36. The number of guanidine groups is 1. The Bertz CT molecular complexity index is 894. The lowest BCUT2D eigenvalue weighted by molar-refractivity contribution is 0.578. The van der Waals surface area contributed by atoms with Gasteiger partial charge in [0.2, 0.25) is 0 Å². The fraction of sp³-hybridized carbons (Fsp3) is 0.286. The molecule has 3 rings (SSSR count). The number of aryl methyl sites for hydroxylation is 2. The van der Waals surface area contributed by atoms with Crippen molar-refractivity contribution in [2.75, 3.05) is 14.1 Å². The Morgan fingerprint density at radius 3 is 2.44 bits per heavy atom. The fourth-order valence-corrected chi connectivity index (χ4v) is 2.79. The summed E-state index contributed by atoms with van der Waals surface area (Å²) >= 11 is 0. The van der Waals surface area contributed by atoms with Crippen molar-refractivity contribution in [2.45, 2.75) is 26.9 Å². The molecule has 0 fully saturated rings. The molecule has 140 valence electrons. The Morgan fingerprint density at radius 1 is 1.07 bits per heavy atom. The molecular weight excluding hydrogens is 336 g/mol. The Morgan fingerprint density at radius 2 is 1.85 bits per heavy atom. The van der Waals surface area contributed by atoms with Crippen LogP contribution in [0.3, 0.4) is 0 Å². The van der Waals surface area contributed by atoms with Gasteiger partial charge in [-0.05, 0) is 37.1 Å². The van der Waals surface area contributed by atoms with E-state index >= 15 is 0 Å². The molecule has 1 N–H and O–H groups in total. The average Bonchev–Trinajstić information content (AvgIpc) is 3.01. The first-order valence-corrected chi connectivity index (χ1v) is 9.01. The van der Waals surface area contributed by atoms with Gasteiger partial charge >= 0.3 is 0 Å². The summed E-state index contributed by atoms with van der Waals surface area (Å²) in [4.78, 5) is 11.2. The van der Waals surface area contributed by atoms with Gasteiger partial charge in [-0.1, -0.05) is 36.4 Å². The largest absolute Gasteiger partial charge is 0.352 e. The minimum absolute atomic E-state index is 0.569. The van der Waals surface area contributed by atoms with Crippen LogP contribution >= 0.6 is 0 Å². The van der Waals surface area contributed by atoms with E-state index in [0.717, 1.165) is 35.3 Å². The highest BCUT2D eigenvalue weighted by Gasteiger charge is 2.06. The normalized spacial score (nSPS) is 11.5. The number of rotatable bonds is 5. The van der Waals surface area contributed by atoms with Gasteiger partial charge in [-0.25, -0.2) is 14.7 Å². The predicted molar refractivity (Wildman–Crippen MR) is 109 cm³/mol. The monoisotopic (exact) mass is 362 g/mol. The number of pyridine rings is 1. The number of benzene rings is 1. The van der Waals surface area contributed by atoms with Crippen molar-refractivity contribution in [3.63, 3.8) is 0 Å². The zero-order valence-corrected chi connectivity index (χ0v) is 16.3. The van der Waals surface area contributed by atoms with E-state index in [-0.39, 0.29) is 0 Å². The van der Waals surface area contributed by atoms with Crippen molar-refractivity contribution in [3.8, 4) is 5.82 Å². The van der Waals surface area contributed by atoms with E-state index in [1.54, 1.807) is 0 Å². The van der Waals surface area contributed by atoms with Crippen LogP contribution in [-0.4, -0.2) is 39.7 Å². The first-order chi connectivity index (χ1) is 13.0. The van der Waals surface area contributed by atoms with Gasteiger partial charge in [-0.2, -0.15) is 5.10 Å².